The monoisotopic (exact) mass is 250 g/mol. The Labute approximate surface area is 111 Å². The molecule has 3 nitrogen and oxygen atoms in total. The van der Waals surface area contributed by atoms with E-state index in [0.717, 1.165) is 12.5 Å². The second kappa shape index (κ2) is 6.78. The van der Waals surface area contributed by atoms with Gasteiger partial charge in [0.25, 0.3) is 0 Å². The Bertz CT molecular complexity index is 313. The highest BCUT2D eigenvalue weighted by Gasteiger charge is 2.31. The molecular weight excluding hydrogens is 224 g/mol. The summed E-state index contributed by atoms with van der Waals surface area (Å²) in [5.41, 5.74) is -0.860. The molecular formula is C15H26N2O. The highest BCUT2D eigenvalue weighted by Crippen LogP contribution is 2.30. The van der Waals surface area contributed by atoms with Crippen LogP contribution in [0.4, 0.5) is 0 Å². The summed E-state index contributed by atoms with van der Waals surface area (Å²) in [6.45, 7) is 6.60. The van der Waals surface area contributed by atoms with Gasteiger partial charge in [0.05, 0.1) is 6.07 Å². The minimum absolute atomic E-state index is 0.106. The molecule has 1 rings (SSSR count). The molecule has 0 bridgehead atoms. The normalized spacial score (nSPS) is 27.0. The first-order chi connectivity index (χ1) is 8.55. The maximum absolute atomic E-state index is 12.0. The van der Waals surface area contributed by atoms with E-state index in [-0.39, 0.29) is 5.91 Å². The zero-order chi connectivity index (χ0) is 13.6. The summed E-state index contributed by atoms with van der Waals surface area (Å²) in [4.78, 5) is 12.0. The fourth-order valence-corrected chi connectivity index (χ4v) is 2.57. The van der Waals surface area contributed by atoms with Crippen molar-refractivity contribution in [2.75, 3.05) is 6.54 Å². The Balaban J connectivity index is 2.34. The van der Waals surface area contributed by atoms with Crippen molar-refractivity contribution in [3.63, 3.8) is 0 Å². The van der Waals surface area contributed by atoms with E-state index >= 15 is 0 Å². The molecule has 0 spiro atoms. The number of hydrogen-bond acceptors (Lipinski definition) is 2. The minimum atomic E-state index is -0.860. The van der Waals surface area contributed by atoms with Crippen molar-refractivity contribution in [2.24, 2.45) is 17.3 Å². The van der Waals surface area contributed by atoms with Gasteiger partial charge in [-0.2, -0.15) is 5.26 Å². The van der Waals surface area contributed by atoms with Crippen LogP contribution >= 0.6 is 0 Å². The molecule has 1 atom stereocenters. The smallest absolute Gasteiger partial charge is 0.240 e. The first-order valence-electron chi connectivity index (χ1n) is 7.25. The molecule has 0 saturated heterocycles. The molecule has 3 heteroatoms. The average Bonchev–Trinajstić information content (AvgIpc) is 2.44. The minimum Gasteiger partial charge on any atom is -0.354 e. The van der Waals surface area contributed by atoms with Crippen LogP contribution in [0.5, 0.6) is 0 Å². The van der Waals surface area contributed by atoms with Crippen molar-refractivity contribution >= 4 is 5.91 Å². The van der Waals surface area contributed by atoms with Crippen LogP contribution in [-0.4, -0.2) is 12.5 Å². The molecule has 0 aliphatic heterocycles. The predicted molar refractivity (Wildman–Crippen MR) is 72.8 cm³/mol. The zero-order valence-electron chi connectivity index (χ0n) is 12.0. The maximum atomic E-state index is 12.0. The zero-order valence-corrected chi connectivity index (χ0v) is 12.0. The van der Waals surface area contributed by atoms with Crippen LogP contribution in [0.1, 0.15) is 59.3 Å². The molecule has 0 radical (unpaired) electrons. The topological polar surface area (TPSA) is 52.9 Å². The predicted octanol–water partition coefficient (Wildman–Crippen LogP) is 3.26. The molecule has 18 heavy (non-hydrogen) atoms. The first kappa shape index (κ1) is 15.0. The molecule has 1 fully saturated rings. The summed E-state index contributed by atoms with van der Waals surface area (Å²) in [5, 5.41) is 12.0. The van der Waals surface area contributed by atoms with Crippen molar-refractivity contribution in [2.45, 2.75) is 59.3 Å². The van der Waals surface area contributed by atoms with Crippen LogP contribution in [0.15, 0.2) is 0 Å². The van der Waals surface area contributed by atoms with Gasteiger partial charge in [-0.15, -0.1) is 0 Å². The Morgan fingerprint density at radius 2 is 1.83 bits per heavy atom. The highest BCUT2D eigenvalue weighted by atomic mass is 16.2. The molecule has 1 amide bonds. The number of hydrogen-bond donors (Lipinski definition) is 1. The molecule has 1 unspecified atom stereocenters. The van der Waals surface area contributed by atoms with E-state index in [9.17, 15) is 4.79 Å². The third-order valence-electron chi connectivity index (χ3n) is 4.55. The molecule has 1 aliphatic rings. The van der Waals surface area contributed by atoms with Gasteiger partial charge < -0.3 is 5.32 Å². The van der Waals surface area contributed by atoms with Gasteiger partial charge in [-0.25, -0.2) is 0 Å². The lowest BCUT2D eigenvalue weighted by molar-refractivity contribution is -0.127. The largest absolute Gasteiger partial charge is 0.354 e. The van der Waals surface area contributed by atoms with Crippen molar-refractivity contribution < 1.29 is 4.79 Å². The van der Waals surface area contributed by atoms with Gasteiger partial charge in [0.2, 0.25) is 5.91 Å². The van der Waals surface area contributed by atoms with Crippen LogP contribution in [0.2, 0.25) is 0 Å². The Hall–Kier alpha value is -1.04. The van der Waals surface area contributed by atoms with E-state index in [4.69, 9.17) is 5.26 Å². The lowest BCUT2D eigenvalue weighted by atomic mass is 9.80. The SMILES string of the molecule is CCC1CCC(CNC(=O)C(C)(C#N)CC)CC1. The van der Waals surface area contributed by atoms with Gasteiger partial charge >= 0.3 is 0 Å². The number of carbonyl (C=O) groups excluding carboxylic acids is 1. The molecule has 1 saturated carbocycles. The fourth-order valence-electron chi connectivity index (χ4n) is 2.57. The van der Waals surface area contributed by atoms with Crippen molar-refractivity contribution in [3.05, 3.63) is 0 Å². The summed E-state index contributed by atoms with van der Waals surface area (Å²) in [6.07, 6.45) is 6.86. The lowest BCUT2D eigenvalue weighted by Gasteiger charge is -2.28. The number of carbonyl (C=O) groups is 1. The molecule has 0 aromatic rings. The Kier molecular flexibility index (Phi) is 5.65. The molecule has 0 aromatic heterocycles. The number of amides is 1. The van der Waals surface area contributed by atoms with Crippen LogP contribution in [0, 0.1) is 28.6 Å². The van der Waals surface area contributed by atoms with E-state index in [1.54, 1.807) is 6.92 Å². The van der Waals surface area contributed by atoms with Crippen molar-refractivity contribution in [3.8, 4) is 6.07 Å². The Morgan fingerprint density at radius 1 is 1.28 bits per heavy atom. The summed E-state index contributed by atoms with van der Waals surface area (Å²) in [5.74, 6) is 1.39. The summed E-state index contributed by atoms with van der Waals surface area (Å²) in [6, 6.07) is 2.12. The standard InChI is InChI=1S/C15H26N2O/c1-4-12-6-8-13(9-7-12)10-17-14(18)15(3,5-2)11-16/h12-13H,4-10H2,1-3H3,(H,17,18). The lowest BCUT2D eigenvalue weighted by Crippen LogP contribution is -2.40. The van der Waals surface area contributed by atoms with Gasteiger partial charge in [0.1, 0.15) is 5.41 Å². The highest BCUT2D eigenvalue weighted by molar-refractivity contribution is 5.84. The fraction of sp³-hybridized carbons (Fsp3) is 0.867. The van der Waals surface area contributed by atoms with E-state index in [1.165, 1.54) is 32.1 Å². The van der Waals surface area contributed by atoms with Crippen molar-refractivity contribution in [1.29, 1.82) is 5.26 Å². The summed E-state index contributed by atoms with van der Waals surface area (Å²) < 4.78 is 0. The van der Waals surface area contributed by atoms with E-state index in [0.29, 0.717) is 12.3 Å². The summed E-state index contributed by atoms with van der Waals surface area (Å²) in [7, 11) is 0. The third-order valence-corrected chi connectivity index (χ3v) is 4.55. The van der Waals surface area contributed by atoms with Gasteiger partial charge in [0, 0.05) is 6.54 Å². The number of nitrogens with zero attached hydrogens (tertiary/aromatic N) is 1. The molecule has 102 valence electrons. The van der Waals surface area contributed by atoms with E-state index < -0.39 is 5.41 Å². The van der Waals surface area contributed by atoms with Crippen LogP contribution in [-0.2, 0) is 4.79 Å². The van der Waals surface area contributed by atoms with Crippen LogP contribution in [0.25, 0.3) is 0 Å². The quantitative estimate of drug-likeness (QED) is 0.814. The van der Waals surface area contributed by atoms with Crippen LogP contribution < -0.4 is 5.32 Å². The maximum Gasteiger partial charge on any atom is 0.240 e. The average molecular weight is 250 g/mol. The van der Waals surface area contributed by atoms with Gasteiger partial charge in [-0.3, -0.25) is 4.79 Å². The van der Waals surface area contributed by atoms with Gasteiger partial charge in [-0.05, 0) is 38.0 Å². The van der Waals surface area contributed by atoms with E-state index in [1.807, 2.05) is 6.92 Å². The second-order valence-electron chi connectivity index (χ2n) is 5.80. The van der Waals surface area contributed by atoms with Gasteiger partial charge in [-0.1, -0.05) is 33.1 Å². The molecule has 1 aliphatic carbocycles. The third kappa shape index (κ3) is 3.73. The molecule has 0 aromatic carbocycles. The van der Waals surface area contributed by atoms with Crippen molar-refractivity contribution in [1.82, 2.24) is 5.32 Å². The van der Waals surface area contributed by atoms with E-state index in [2.05, 4.69) is 18.3 Å². The molecule has 1 N–H and O–H groups in total. The number of rotatable bonds is 5. The Morgan fingerprint density at radius 3 is 2.28 bits per heavy atom. The molecule has 0 heterocycles. The van der Waals surface area contributed by atoms with Crippen LogP contribution in [0.3, 0.4) is 0 Å². The van der Waals surface area contributed by atoms with Gasteiger partial charge in [0.15, 0.2) is 0 Å². The first-order valence-corrected chi connectivity index (χ1v) is 7.25. The second-order valence-corrected chi connectivity index (χ2v) is 5.80. The number of nitriles is 1. The number of nitrogens with one attached hydrogen (secondary N) is 1. The summed E-state index contributed by atoms with van der Waals surface area (Å²) >= 11 is 0.